The van der Waals surface area contributed by atoms with Crippen molar-refractivity contribution in [3.05, 3.63) is 75.6 Å². The van der Waals surface area contributed by atoms with E-state index in [1.807, 2.05) is 4.57 Å². The van der Waals surface area contributed by atoms with E-state index >= 15 is 0 Å². The molecule has 0 bridgehead atoms. The van der Waals surface area contributed by atoms with Gasteiger partial charge in [0.25, 0.3) is 5.69 Å². The van der Waals surface area contributed by atoms with Gasteiger partial charge >= 0.3 is 0 Å². The van der Waals surface area contributed by atoms with Gasteiger partial charge in [-0.05, 0) is 31.0 Å². The Kier molecular flexibility index (Phi) is 4.61. The van der Waals surface area contributed by atoms with Crippen molar-refractivity contribution in [2.45, 2.75) is 24.8 Å². The van der Waals surface area contributed by atoms with Gasteiger partial charge in [0.15, 0.2) is 5.16 Å². The number of nitrogens with zero attached hydrogens (tertiary/aromatic N) is 4. The topological polar surface area (TPSA) is 73.8 Å². The number of aromatic nitrogens is 3. The molecular weight excluding hydrogens is 324 g/mol. The molecule has 0 radical (unpaired) electrons. The van der Waals surface area contributed by atoms with Gasteiger partial charge in [0.1, 0.15) is 6.33 Å². The van der Waals surface area contributed by atoms with Gasteiger partial charge in [-0.25, -0.2) is 0 Å². The lowest BCUT2D eigenvalue weighted by molar-refractivity contribution is -0.384. The van der Waals surface area contributed by atoms with Gasteiger partial charge in [0.05, 0.1) is 10.6 Å². The van der Waals surface area contributed by atoms with E-state index in [0.717, 1.165) is 22.0 Å². The summed E-state index contributed by atoms with van der Waals surface area (Å²) in [5, 5.41) is 19.7. The van der Waals surface area contributed by atoms with Crippen LogP contribution in [0, 0.1) is 24.0 Å². The molecule has 3 aromatic rings. The smallest absolute Gasteiger partial charge is 0.269 e. The second-order valence-corrected chi connectivity index (χ2v) is 6.43. The molecular formula is C17H16N4O2S. The fraction of sp³-hybridized carbons (Fsp3) is 0.176. The average Bonchev–Trinajstić information content (AvgIpc) is 3.01. The lowest BCUT2D eigenvalue weighted by Gasteiger charge is -2.10. The first-order valence-corrected chi connectivity index (χ1v) is 8.37. The van der Waals surface area contributed by atoms with E-state index in [2.05, 4.69) is 42.2 Å². The van der Waals surface area contributed by atoms with Crippen LogP contribution in [0.4, 0.5) is 5.69 Å². The molecule has 0 spiro atoms. The fourth-order valence-electron chi connectivity index (χ4n) is 2.43. The summed E-state index contributed by atoms with van der Waals surface area (Å²) in [4.78, 5) is 10.3. The Labute approximate surface area is 143 Å². The van der Waals surface area contributed by atoms with Crippen LogP contribution in [0.5, 0.6) is 0 Å². The SMILES string of the molecule is Cc1ccc(-n2cnnc2SCc2ccc([N+](=O)[O-])cc2)c(C)c1. The molecule has 0 aliphatic rings. The van der Waals surface area contributed by atoms with Crippen molar-refractivity contribution in [2.24, 2.45) is 0 Å². The number of nitro benzene ring substituents is 1. The summed E-state index contributed by atoms with van der Waals surface area (Å²) < 4.78 is 1.96. The van der Waals surface area contributed by atoms with Crippen LogP contribution in [0.25, 0.3) is 5.69 Å². The Bertz CT molecular complexity index is 875. The molecule has 0 fully saturated rings. The molecule has 0 saturated carbocycles. The Morgan fingerprint density at radius 3 is 2.58 bits per heavy atom. The third-order valence-corrected chi connectivity index (χ3v) is 4.66. The third kappa shape index (κ3) is 3.46. The number of rotatable bonds is 5. The van der Waals surface area contributed by atoms with Gasteiger partial charge in [0.2, 0.25) is 0 Å². The maximum Gasteiger partial charge on any atom is 0.269 e. The van der Waals surface area contributed by atoms with Gasteiger partial charge in [-0.1, -0.05) is 41.6 Å². The summed E-state index contributed by atoms with van der Waals surface area (Å²) in [7, 11) is 0. The van der Waals surface area contributed by atoms with Crippen molar-refractivity contribution in [3.63, 3.8) is 0 Å². The molecule has 0 unspecified atom stereocenters. The predicted octanol–water partition coefficient (Wildman–Crippen LogP) is 4.08. The van der Waals surface area contributed by atoms with E-state index in [4.69, 9.17) is 0 Å². The highest BCUT2D eigenvalue weighted by atomic mass is 32.2. The summed E-state index contributed by atoms with van der Waals surface area (Å²) in [6, 6.07) is 12.8. The first kappa shape index (κ1) is 16.2. The van der Waals surface area contributed by atoms with E-state index in [1.165, 1.54) is 17.7 Å². The molecule has 1 heterocycles. The predicted molar refractivity (Wildman–Crippen MR) is 93.5 cm³/mol. The molecule has 122 valence electrons. The maximum absolute atomic E-state index is 10.7. The molecule has 3 rings (SSSR count). The Balaban J connectivity index is 1.77. The van der Waals surface area contributed by atoms with Gasteiger partial charge in [-0.15, -0.1) is 10.2 Å². The zero-order valence-electron chi connectivity index (χ0n) is 13.3. The number of hydrogen-bond donors (Lipinski definition) is 0. The van der Waals surface area contributed by atoms with Crippen molar-refractivity contribution >= 4 is 17.4 Å². The summed E-state index contributed by atoms with van der Waals surface area (Å²) in [6.45, 7) is 4.13. The zero-order chi connectivity index (χ0) is 17.1. The molecule has 6 nitrogen and oxygen atoms in total. The van der Waals surface area contributed by atoms with E-state index < -0.39 is 4.92 Å². The van der Waals surface area contributed by atoms with Crippen molar-refractivity contribution in [1.82, 2.24) is 14.8 Å². The summed E-state index contributed by atoms with van der Waals surface area (Å²) in [5.74, 6) is 0.668. The highest BCUT2D eigenvalue weighted by Gasteiger charge is 2.10. The first-order chi connectivity index (χ1) is 11.5. The van der Waals surface area contributed by atoms with Crippen LogP contribution in [0.2, 0.25) is 0 Å². The monoisotopic (exact) mass is 340 g/mol. The molecule has 7 heteroatoms. The highest BCUT2D eigenvalue weighted by Crippen LogP contribution is 2.26. The Morgan fingerprint density at radius 2 is 1.92 bits per heavy atom. The summed E-state index contributed by atoms with van der Waals surface area (Å²) >= 11 is 1.55. The number of aryl methyl sites for hydroxylation is 2. The van der Waals surface area contributed by atoms with Crippen molar-refractivity contribution in [1.29, 1.82) is 0 Å². The van der Waals surface area contributed by atoms with E-state index in [0.29, 0.717) is 5.75 Å². The first-order valence-electron chi connectivity index (χ1n) is 7.38. The molecule has 0 saturated heterocycles. The number of hydrogen-bond acceptors (Lipinski definition) is 5. The van der Waals surface area contributed by atoms with Crippen LogP contribution >= 0.6 is 11.8 Å². The standard InChI is InChI=1S/C17H16N4O2S/c1-12-3-8-16(13(2)9-12)20-11-18-19-17(20)24-10-14-4-6-15(7-5-14)21(22)23/h3-9,11H,10H2,1-2H3. The van der Waals surface area contributed by atoms with Crippen LogP contribution in [-0.4, -0.2) is 19.7 Å². The molecule has 0 amide bonds. The minimum Gasteiger partial charge on any atom is -0.276 e. The lowest BCUT2D eigenvalue weighted by Crippen LogP contribution is -1.98. The van der Waals surface area contributed by atoms with Gasteiger partial charge in [-0.2, -0.15) is 0 Å². The van der Waals surface area contributed by atoms with Crippen LogP contribution in [0.1, 0.15) is 16.7 Å². The van der Waals surface area contributed by atoms with Crippen LogP contribution in [0.3, 0.4) is 0 Å². The summed E-state index contributed by atoms with van der Waals surface area (Å²) in [6.07, 6.45) is 1.70. The molecule has 2 aromatic carbocycles. The van der Waals surface area contributed by atoms with Crippen LogP contribution < -0.4 is 0 Å². The minimum absolute atomic E-state index is 0.0993. The number of nitro groups is 1. The third-order valence-electron chi connectivity index (χ3n) is 3.64. The lowest BCUT2D eigenvalue weighted by atomic mass is 10.1. The Morgan fingerprint density at radius 1 is 1.17 bits per heavy atom. The summed E-state index contributed by atoms with van der Waals surface area (Å²) in [5.41, 5.74) is 4.52. The molecule has 0 aliphatic heterocycles. The van der Waals surface area contributed by atoms with Crippen LogP contribution in [0.15, 0.2) is 53.9 Å². The number of benzene rings is 2. The van der Waals surface area contributed by atoms with Crippen LogP contribution in [-0.2, 0) is 5.75 Å². The maximum atomic E-state index is 10.7. The van der Waals surface area contributed by atoms with Gasteiger partial charge < -0.3 is 0 Å². The Hall–Kier alpha value is -2.67. The molecule has 0 atom stereocenters. The minimum atomic E-state index is -0.395. The molecule has 0 N–H and O–H groups in total. The van der Waals surface area contributed by atoms with Crippen molar-refractivity contribution in [3.8, 4) is 5.69 Å². The van der Waals surface area contributed by atoms with E-state index in [-0.39, 0.29) is 5.69 Å². The van der Waals surface area contributed by atoms with Crippen molar-refractivity contribution in [2.75, 3.05) is 0 Å². The molecule has 1 aromatic heterocycles. The number of thioether (sulfide) groups is 1. The number of non-ortho nitro benzene ring substituents is 1. The highest BCUT2D eigenvalue weighted by molar-refractivity contribution is 7.98. The fourth-order valence-corrected chi connectivity index (χ4v) is 3.30. The van der Waals surface area contributed by atoms with E-state index in [9.17, 15) is 10.1 Å². The van der Waals surface area contributed by atoms with Gasteiger partial charge in [-0.3, -0.25) is 14.7 Å². The normalized spacial score (nSPS) is 10.8. The quantitative estimate of drug-likeness (QED) is 0.397. The second-order valence-electron chi connectivity index (χ2n) is 5.49. The van der Waals surface area contributed by atoms with Crippen molar-refractivity contribution < 1.29 is 4.92 Å². The zero-order valence-corrected chi connectivity index (χ0v) is 14.2. The molecule has 24 heavy (non-hydrogen) atoms. The van der Waals surface area contributed by atoms with Gasteiger partial charge in [0, 0.05) is 17.9 Å². The second kappa shape index (κ2) is 6.84. The average molecular weight is 340 g/mol. The molecule has 0 aliphatic carbocycles. The van der Waals surface area contributed by atoms with E-state index in [1.54, 1.807) is 30.2 Å². The largest absolute Gasteiger partial charge is 0.276 e.